The summed E-state index contributed by atoms with van der Waals surface area (Å²) in [5.41, 5.74) is 1.10. The highest BCUT2D eigenvalue weighted by molar-refractivity contribution is 5.95. The second-order valence-electron chi connectivity index (χ2n) is 13.0. The van der Waals surface area contributed by atoms with Crippen LogP contribution in [-0.2, 0) is 23.5 Å². The van der Waals surface area contributed by atoms with Crippen LogP contribution in [-0.4, -0.2) is 62.8 Å². The van der Waals surface area contributed by atoms with Crippen molar-refractivity contribution >= 4 is 28.7 Å². The molecule has 13 heteroatoms. The van der Waals surface area contributed by atoms with Gasteiger partial charge in [0.25, 0.3) is 11.8 Å². The summed E-state index contributed by atoms with van der Waals surface area (Å²) in [7, 11) is 0. The second kappa shape index (κ2) is 17.6. The number of phenols is 1. The van der Waals surface area contributed by atoms with Crippen molar-refractivity contribution in [1.82, 2.24) is 20.9 Å². The van der Waals surface area contributed by atoms with E-state index < -0.39 is 17.7 Å². The molecule has 6 rings (SSSR count). The zero-order chi connectivity index (χ0) is 39.7. The van der Waals surface area contributed by atoms with Gasteiger partial charge in [-0.15, -0.1) is 0 Å². The number of aliphatic hydroxyl groups is 2. The zero-order valence-electron chi connectivity index (χ0n) is 30.1. The molecule has 2 atom stereocenters. The van der Waals surface area contributed by atoms with Crippen LogP contribution in [0.5, 0.6) is 11.5 Å². The third kappa shape index (κ3) is 9.10. The molecule has 13 nitrogen and oxygen atoms in total. The van der Waals surface area contributed by atoms with E-state index in [2.05, 4.69) is 20.9 Å². The molecular weight excluding hydrogens is 716 g/mol. The molecule has 0 spiro atoms. The minimum atomic E-state index is -2.25. The molecule has 0 aliphatic heterocycles. The van der Waals surface area contributed by atoms with Crippen LogP contribution < -0.4 is 26.2 Å². The average Bonchev–Trinajstić information content (AvgIpc) is 3.22. The number of benzene rings is 5. The van der Waals surface area contributed by atoms with Crippen molar-refractivity contribution in [1.29, 1.82) is 0 Å². The number of amides is 2. The topological polar surface area (TPSA) is 210 Å². The van der Waals surface area contributed by atoms with Gasteiger partial charge in [0.15, 0.2) is 0 Å². The van der Waals surface area contributed by atoms with Crippen molar-refractivity contribution in [2.45, 2.75) is 24.9 Å². The quantitative estimate of drug-likeness (QED) is 0.0663. The highest BCUT2D eigenvalue weighted by Crippen LogP contribution is 2.32. The first-order valence-electron chi connectivity index (χ1n) is 17.8. The SMILES string of the molecule is O=C(NCCNC(=O)c1ccc(COc2cccc(C(O)(C(=O)O)c3ccccc3)c2)cc1)c1ccc(CNCC(O)c2ccc(O)c3[nH]c(=O)ccc23)cc1. The first kappa shape index (κ1) is 38.9. The predicted molar refractivity (Wildman–Crippen MR) is 208 cm³/mol. The maximum Gasteiger partial charge on any atom is 0.345 e. The van der Waals surface area contributed by atoms with Crippen LogP contribution in [0.3, 0.4) is 0 Å². The van der Waals surface area contributed by atoms with Crippen molar-refractivity contribution in [3.8, 4) is 11.5 Å². The van der Waals surface area contributed by atoms with E-state index in [1.165, 1.54) is 24.3 Å². The summed E-state index contributed by atoms with van der Waals surface area (Å²) in [6.45, 7) is 1.18. The Bertz CT molecular complexity index is 2380. The Balaban J connectivity index is 0.915. The van der Waals surface area contributed by atoms with Gasteiger partial charge in [-0.05, 0) is 70.8 Å². The molecule has 0 radical (unpaired) electrons. The van der Waals surface area contributed by atoms with Crippen molar-refractivity contribution in [2.24, 2.45) is 0 Å². The van der Waals surface area contributed by atoms with E-state index in [-0.39, 0.29) is 66.0 Å². The number of hydrogen-bond donors (Lipinski definition) is 8. The Labute approximate surface area is 321 Å². The Morgan fingerprint density at radius 2 is 1.36 bits per heavy atom. The molecule has 2 unspecified atom stereocenters. The van der Waals surface area contributed by atoms with E-state index in [4.69, 9.17) is 4.74 Å². The summed E-state index contributed by atoms with van der Waals surface area (Å²) in [6.07, 6.45) is -0.900. The number of carbonyl (C=O) groups is 3. The maximum absolute atomic E-state index is 12.7. The van der Waals surface area contributed by atoms with Crippen molar-refractivity contribution in [2.75, 3.05) is 19.6 Å². The Hall–Kier alpha value is -6.80. The minimum Gasteiger partial charge on any atom is -0.506 e. The smallest absolute Gasteiger partial charge is 0.345 e. The van der Waals surface area contributed by atoms with Crippen LogP contribution in [0.1, 0.15) is 54.6 Å². The van der Waals surface area contributed by atoms with Gasteiger partial charge in [-0.25, -0.2) is 4.79 Å². The van der Waals surface area contributed by atoms with E-state index >= 15 is 0 Å². The van der Waals surface area contributed by atoms with Gasteiger partial charge in [-0.1, -0.05) is 72.8 Å². The number of H-pyrrole nitrogens is 1. The van der Waals surface area contributed by atoms with Crippen LogP contribution in [0.15, 0.2) is 132 Å². The van der Waals surface area contributed by atoms with Gasteiger partial charge in [0, 0.05) is 54.3 Å². The number of fused-ring (bicyclic) bond motifs is 1. The maximum atomic E-state index is 12.7. The molecule has 0 aliphatic carbocycles. The van der Waals surface area contributed by atoms with E-state index in [1.807, 2.05) is 0 Å². The van der Waals surface area contributed by atoms with Gasteiger partial charge in [0.1, 0.15) is 18.1 Å². The van der Waals surface area contributed by atoms with Gasteiger partial charge in [0.05, 0.1) is 11.6 Å². The number of aliphatic carboxylic acids is 1. The third-order valence-corrected chi connectivity index (χ3v) is 9.22. The number of ether oxygens (including phenoxy) is 1. The van der Waals surface area contributed by atoms with Crippen LogP contribution in [0.25, 0.3) is 10.9 Å². The van der Waals surface area contributed by atoms with E-state index in [1.54, 1.807) is 103 Å². The first-order chi connectivity index (χ1) is 27.0. The molecule has 6 aromatic rings. The number of nitrogens with one attached hydrogen (secondary N) is 4. The lowest BCUT2D eigenvalue weighted by atomic mass is 9.86. The molecule has 1 aromatic heterocycles. The molecule has 0 bridgehead atoms. The molecule has 1 heterocycles. The van der Waals surface area contributed by atoms with Gasteiger partial charge < -0.3 is 46.1 Å². The Morgan fingerprint density at radius 3 is 2.00 bits per heavy atom. The number of carboxylic acid groups (broad SMARTS) is 1. The molecule has 0 saturated heterocycles. The van der Waals surface area contributed by atoms with E-state index in [9.17, 15) is 39.6 Å². The molecule has 56 heavy (non-hydrogen) atoms. The fourth-order valence-electron chi connectivity index (χ4n) is 6.17. The highest BCUT2D eigenvalue weighted by Gasteiger charge is 2.40. The summed E-state index contributed by atoms with van der Waals surface area (Å²) >= 11 is 0. The van der Waals surface area contributed by atoms with Crippen LogP contribution in [0, 0.1) is 0 Å². The van der Waals surface area contributed by atoms with Gasteiger partial charge in [-0.3, -0.25) is 14.4 Å². The molecular formula is C43H40N4O9. The second-order valence-corrected chi connectivity index (χ2v) is 13.0. The highest BCUT2D eigenvalue weighted by atomic mass is 16.5. The molecule has 2 amide bonds. The fourth-order valence-corrected chi connectivity index (χ4v) is 6.17. The van der Waals surface area contributed by atoms with E-state index in [0.717, 1.165) is 11.1 Å². The van der Waals surface area contributed by atoms with Gasteiger partial charge >= 0.3 is 5.97 Å². The summed E-state index contributed by atoms with van der Waals surface area (Å²) in [5.74, 6) is -1.74. The predicted octanol–water partition coefficient (Wildman–Crippen LogP) is 4.12. The van der Waals surface area contributed by atoms with Gasteiger partial charge in [-0.2, -0.15) is 0 Å². The van der Waals surface area contributed by atoms with Crippen molar-refractivity contribution < 1.29 is 39.5 Å². The summed E-state index contributed by atoms with van der Waals surface area (Å²) in [5, 5.41) is 51.2. The zero-order valence-corrected chi connectivity index (χ0v) is 30.1. The Kier molecular flexibility index (Phi) is 12.2. The van der Waals surface area contributed by atoms with Gasteiger partial charge in [0.2, 0.25) is 11.2 Å². The number of aromatic hydroxyl groups is 1. The number of aliphatic hydroxyl groups excluding tert-OH is 1. The van der Waals surface area contributed by atoms with E-state index in [0.29, 0.717) is 34.4 Å². The number of phenolic OH excluding ortho intramolecular Hbond substituents is 1. The molecule has 286 valence electrons. The number of aromatic amines is 1. The fraction of sp³-hybridized carbons (Fsp3) is 0.163. The largest absolute Gasteiger partial charge is 0.506 e. The summed E-state index contributed by atoms with van der Waals surface area (Å²) in [6, 6.07) is 34.1. The number of carbonyl (C=O) groups excluding carboxylic acids is 2. The number of carboxylic acids is 1. The lowest BCUT2D eigenvalue weighted by Crippen LogP contribution is -2.36. The lowest BCUT2D eigenvalue weighted by molar-refractivity contribution is -0.155. The average molecular weight is 757 g/mol. The number of aromatic nitrogens is 1. The molecule has 0 saturated carbocycles. The Morgan fingerprint density at radius 1 is 0.732 bits per heavy atom. The van der Waals surface area contributed by atoms with Crippen molar-refractivity contribution in [3.63, 3.8) is 0 Å². The lowest BCUT2D eigenvalue weighted by Gasteiger charge is -2.25. The number of pyridine rings is 1. The normalized spacial score (nSPS) is 12.7. The van der Waals surface area contributed by atoms with Crippen LogP contribution >= 0.6 is 0 Å². The standard InChI is InChI=1S/C43H40N4O9/c48-36-19-17-34(35-18-20-38(50)47-39(35)36)37(49)25-44-24-27-9-13-29(14-10-27)40(51)45-21-22-46-41(52)30-15-11-28(12-16-30)26-56-33-8-4-7-32(23-33)43(55,42(53)54)31-5-2-1-3-6-31/h1-20,23,37,44,48-49,55H,21-22,24-26H2,(H,45,51)(H,46,52)(H,47,50)(H,53,54). The number of hydrogen-bond acceptors (Lipinski definition) is 9. The first-order valence-corrected chi connectivity index (χ1v) is 17.8. The van der Waals surface area contributed by atoms with Crippen LogP contribution in [0.2, 0.25) is 0 Å². The van der Waals surface area contributed by atoms with Crippen molar-refractivity contribution in [3.05, 3.63) is 177 Å². The third-order valence-electron chi connectivity index (χ3n) is 9.22. The minimum absolute atomic E-state index is 0.0789. The molecule has 8 N–H and O–H groups in total. The summed E-state index contributed by atoms with van der Waals surface area (Å²) < 4.78 is 5.88. The number of rotatable bonds is 16. The molecule has 0 fully saturated rings. The molecule has 0 aliphatic rings. The monoisotopic (exact) mass is 756 g/mol. The summed E-state index contributed by atoms with van der Waals surface area (Å²) in [4.78, 5) is 51.8. The van der Waals surface area contributed by atoms with Crippen LogP contribution in [0.4, 0.5) is 0 Å². The molecule has 5 aromatic carbocycles.